The zero-order valence-corrected chi connectivity index (χ0v) is 16.7. The molecule has 2 aliphatic rings. The number of aromatic nitrogens is 2. The lowest BCUT2D eigenvalue weighted by atomic mass is 9.93. The van der Waals surface area contributed by atoms with E-state index in [1.807, 2.05) is 12.4 Å². The molecular weight excluding hydrogens is 348 g/mol. The number of carbonyl (C=O) groups is 1. The number of benzene rings is 1. The van der Waals surface area contributed by atoms with Crippen LogP contribution in [-0.4, -0.2) is 35.0 Å². The smallest absolute Gasteiger partial charge is 0.225 e. The van der Waals surface area contributed by atoms with Crippen LogP contribution < -0.4 is 10.2 Å². The number of carbonyl (C=O) groups excluding carboxylic acids is 1. The van der Waals surface area contributed by atoms with Crippen LogP contribution in [0.4, 0.5) is 5.95 Å². The zero-order chi connectivity index (χ0) is 19.3. The number of aryl methyl sites for hydroxylation is 1. The van der Waals surface area contributed by atoms with Crippen LogP contribution in [0.2, 0.25) is 0 Å². The highest BCUT2D eigenvalue weighted by atomic mass is 16.2. The van der Waals surface area contributed by atoms with E-state index in [4.69, 9.17) is 0 Å². The molecule has 2 fully saturated rings. The van der Waals surface area contributed by atoms with Crippen LogP contribution in [-0.2, 0) is 4.79 Å². The van der Waals surface area contributed by atoms with Crippen molar-refractivity contribution in [3.05, 3.63) is 42.2 Å². The van der Waals surface area contributed by atoms with Gasteiger partial charge < -0.3 is 10.2 Å². The largest absolute Gasteiger partial charge is 0.353 e. The fraction of sp³-hybridized carbons (Fsp3) is 0.522. The molecule has 0 radical (unpaired) electrons. The third-order valence-corrected chi connectivity index (χ3v) is 6.05. The molecule has 28 heavy (non-hydrogen) atoms. The van der Waals surface area contributed by atoms with E-state index >= 15 is 0 Å². The minimum Gasteiger partial charge on any atom is -0.353 e. The van der Waals surface area contributed by atoms with Crippen molar-refractivity contribution in [2.24, 2.45) is 5.92 Å². The summed E-state index contributed by atoms with van der Waals surface area (Å²) in [5.74, 6) is 0.981. The molecule has 1 amide bonds. The molecule has 1 aliphatic heterocycles. The van der Waals surface area contributed by atoms with Gasteiger partial charge >= 0.3 is 0 Å². The van der Waals surface area contributed by atoms with E-state index in [1.54, 1.807) is 0 Å². The topological polar surface area (TPSA) is 58.1 Å². The van der Waals surface area contributed by atoms with E-state index in [0.29, 0.717) is 12.6 Å². The van der Waals surface area contributed by atoms with E-state index in [0.717, 1.165) is 49.3 Å². The van der Waals surface area contributed by atoms with Crippen molar-refractivity contribution in [2.75, 3.05) is 18.0 Å². The van der Waals surface area contributed by atoms with Crippen molar-refractivity contribution in [2.45, 2.75) is 57.9 Å². The zero-order valence-electron chi connectivity index (χ0n) is 16.7. The molecule has 5 nitrogen and oxygen atoms in total. The molecule has 0 spiro atoms. The van der Waals surface area contributed by atoms with Gasteiger partial charge in [-0.1, -0.05) is 49.1 Å². The lowest BCUT2D eigenvalue weighted by Crippen LogP contribution is -2.46. The fourth-order valence-electron chi connectivity index (χ4n) is 4.32. The molecule has 1 N–H and O–H groups in total. The Labute approximate surface area is 167 Å². The Bertz CT molecular complexity index is 781. The summed E-state index contributed by atoms with van der Waals surface area (Å²) in [6.07, 6.45) is 11.8. The third kappa shape index (κ3) is 4.51. The highest BCUT2D eigenvalue weighted by Gasteiger charge is 2.28. The summed E-state index contributed by atoms with van der Waals surface area (Å²) >= 11 is 0. The Morgan fingerprint density at radius 1 is 0.964 bits per heavy atom. The number of amides is 1. The molecule has 1 saturated heterocycles. The first-order chi connectivity index (χ1) is 13.7. The molecule has 1 aliphatic carbocycles. The standard InChI is InChI=1S/C23H30N4O/c1-17-9-11-18(12-10-17)20-14-24-23(25-15-20)27-13-5-6-19(16-27)22(28)26-21-7-3-2-4-8-21/h9-12,14-15,19,21H,2-8,13,16H2,1H3,(H,26,28)/t19-/m0/s1. The van der Waals surface area contributed by atoms with E-state index in [-0.39, 0.29) is 11.8 Å². The molecule has 1 saturated carbocycles. The molecule has 1 aromatic heterocycles. The Kier molecular flexibility index (Phi) is 5.89. The number of piperidine rings is 1. The minimum atomic E-state index is 0.0380. The first-order valence-corrected chi connectivity index (χ1v) is 10.6. The van der Waals surface area contributed by atoms with Gasteiger partial charge in [0, 0.05) is 37.1 Å². The van der Waals surface area contributed by atoms with Gasteiger partial charge in [-0.3, -0.25) is 4.79 Å². The number of rotatable bonds is 4. The second-order valence-electron chi connectivity index (χ2n) is 8.27. The quantitative estimate of drug-likeness (QED) is 0.870. The first-order valence-electron chi connectivity index (χ1n) is 10.6. The highest BCUT2D eigenvalue weighted by molar-refractivity contribution is 5.79. The van der Waals surface area contributed by atoms with E-state index in [1.165, 1.54) is 24.8 Å². The summed E-state index contributed by atoms with van der Waals surface area (Å²) < 4.78 is 0. The number of anilines is 1. The average Bonchev–Trinajstić information content (AvgIpc) is 2.75. The van der Waals surface area contributed by atoms with Crippen LogP contribution in [0.3, 0.4) is 0 Å². The SMILES string of the molecule is Cc1ccc(-c2cnc(N3CCC[C@H](C(=O)NC4CCCCC4)C3)nc2)cc1. The van der Waals surface area contributed by atoms with Gasteiger partial charge in [0.05, 0.1) is 5.92 Å². The first kappa shape index (κ1) is 18.9. The van der Waals surface area contributed by atoms with Crippen LogP contribution in [0.5, 0.6) is 0 Å². The predicted molar refractivity (Wildman–Crippen MR) is 112 cm³/mol. The highest BCUT2D eigenvalue weighted by Crippen LogP contribution is 2.24. The number of nitrogens with one attached hydrogen (secondary N) is 1. The van der Waals surface area contributed by atoms with Gasteiger partial charge in [0.15, 0.2) is 0 Å². The maximum atomic E-state index is 12.7. The second kappa shape index (κ2) is 8.72. The van der Waals surface area contributed by atoms with Gasteiger partial charge in [0.2, 0.25) is 11.9 Å². The fourth-order valence-corrected chi connectivity index (χ4v) is 4.32. The van der Waals surface area contributed by atoms with Crippen molar-refractivity contribution >= 4 is 11.9 Å². The number of hydrogen-bond donors (Lipinski definition) is 1. The van der Waals surface area contributed by atoms with E-state index in [9.17, 15) is 4.79 Å². The monoisotopic (exact) mass is 378 g/mol. The average molecular weight is 379 g/mol. The minimum absolute atomic E-state index is 0.0380. The van der Waals surface area contributed by atoms with Gasteiger partial charge in [0.25, 0.3) is 0 Å². The summed E-state index contributed by atoms with van der Waals surface area (Å²) in [7, 11) is 0. The van der Waals surface area contributed by atoms with Crippen LogP contribution >= 0.6 is 0 Å². The summed E-state index contributed by atoms with van der Waals surface area (Å²) in [6, 6.07) is 8.77. The molecule has 5 heteroatoms. The van der Waals surface area contributed by atoms with Gasteiger partial charge in [-0.25, -0.2) is 9.97 Å². The van der Waals surface area contributed by atoms with Crippen LogP contribution in [0.25, 0.3) is 11.1 Å². The third-order valence-electron chi connectivity index (χ3n) is 6.05. The van der Waals surface area contributed by atoms with E-state index in [2.05, 4.69) is 51.4 Å². The molecule has 4 rings (SSSR count). The van der Waals surface area contributed by atoms with Crippen LogP contribution in [0, 0.1) is 12.8 Å². The van der Waals surface area contributed by atoms with Gasteiger partial charge in [-0.05, 0) is 38.2 Å². The van der Waals surface area contributed by atoms with Crippen LogP contribution in [0.15, 0.2) is 36.7 Å². The Hall–Kier alpha value is -2.43. The lowest BCUT2D eigenvalue weighted by molar-refractivity contribution is -0.126. The van der Waals surface area contributed by atoms with Crippen LogP contribution in [0.1, 0.15) is 50.5 Å². The molecular formula is C23H30N4O. The molecule has 0 unspecified atom stereocenters. The second-order valence-corrected chi connectivity index (χ2v) is 8.27. The molecule has 1 atom stereocenters. The Morgan fingerprint density at radius 3 is 2.39 bits per heavy atom. The summed E-state index contributed by atoms with van der Waals surface area (Å²) in [4.78, 5) is 24.1. The maximum absolute atomic E-state index is 12.7. The maximum Gasteiger partial charge on any atom is 0.225 e. The Morgan fingerprint density at radius 2 is 1.68 bits per heavy atom. The number of nitrogens with zero attached hydrogens (tertiary/aromatic N) is 3. The summed E-state index contributed by atoms with van der Waals surface area (Å²) in [6.45, 7) is 3.71. The van der Waals surface area contributed by atoms with Gasteiger partial charge in [-0.2, -0.15) is 0 Å². The van der Waals surface area contributed by atoms with Crippen molar-refractivity contribution in [1.82, 2.24) is 15.3 Å². The lowest BCUT2D eigenvalue weighted by Gasteiger charge is -2.33. The summed E-state index contributed by atoms with van der Waals surface area (Å²) in [5.41, 5.74) is 3.39. The molecule has 148 valence electrons. The normalized spacial score (nSPS) is 20.8. The molecule has 1 aromatic carbocycles. The van der Waals surface area contributed by atoms with Crippen molar-refractivity contribution < 1.29 is 4.79 Å². The van der Waals surface area contributed by atoms with E-state index < -0.39 is 0 Å². The molecule has 2 heterocycles. The number of hydrogen-bond acceptors (Lipinski definition) is 4. The Balaban J connectivity index is 1.38. The summed E-state index contributed by atoms with van der Waals surface area (Å²) in [5, 5.41) is 3.29. The molecule has 2 aromatic rings. The van der Waals surface area contributed by atoms with Gasteiger partial charge in [-0.15, -0.1) is 0 Å². The van der Waals surface area contributed by atoms with Gasteiger partial charge in [0.1, 0.15) is 0 Å². The van der Waals surface area contributed by atoms with Crippen molar-refractivity contribution in [1.29, 1.82) is 0 Å². The predicted octanol–water partition coefficient (Wildman–Crippen LogP) is 4.12. The van der Waals surface area contributed by atoms with Crippen molar-refractivity contribution in [3.63, 3.8) is 0 Å². The molecule has 0 bridgehead atoms. The van der Waals surface area contributed by atoms with Crippen molar-refractivity contribution in [3.8, 4) is 11.1 Å².